The maximum atomic E-state index is 5.41. The largest absolute Gasteiger partial charge is 0.467 e. The number of pyridine rings is 1. The molecule has 0 radical (unpaired) electrons. The molecule has 0 atom stereocenters. The van der Waals surface area contributed by atoms with Gasteiger partial charge in [0.25, 0.3) is 0 Å². The van der Waals surface area contributed by atoms with Gasteiger partial charge in [-0.1, -0.05) is 6.07 Å². The van der Waals surface area contributed by atoms with Gasteiger partial charge in [-0.05, 0) is 37.4 Å². The molecule has 0 saturated carbocycles. The SMILES string of the molecule is C=N/C(=C\SCNC1=NCCCN1)c1cccc(N(C)Cc2ccco2)n1. The summed E-state index contributed by atoms with van der Waals surface area (Å²) in [5, 5.41) is 8.46. The molecular weight excluding hydrogens is 360 g/mol. The zero-order chi connectivity index (χ0) is 18.9. The van der Waals surface area contributed by atoms with E-state index >= 15 is 0 Å². The third-order valence-corrected chi connectivity index (χ3v) is 4.65. The first-order valence-corrected chi connectivity index (χ1v) is 9.83. The highest BCUT2D eigenvalue weighted by atomic mass is 32.2. The molecule has 3 heterocycles. The fraction of sp³-hybridized carbons (Fsp3) is 0.316. The van der Waals surface area contributed by atoms with Gasteiger partial charge in [0.15, 0.2) is 5.96 Å². The van der Waals surface area contributed by atoms with Crippen LogP contribution in [-0.2, 0) is 6.54 Å². The monoisotopic (exact) mass is 384 g/mol. The van der Waals surface area contributed by atoms with Crippen molar-refractivity contribution in [3.05, 3.63) is 53.5 Å². The Morgan fingerprint density at radius 1 is 1.44 bits per heavy atom. The van der Waals surface area contributed by atoms with Crippen LogP contribution in [0.25, 0.3) is 5.70 Å². The molecule has 0 unspecified atom stereocenters. The second kappa shape index (κ2) is 9.82. The van der Waals surface area contributed by atoms with E-state index in [0.717, 1.165) is 48.4 Å². The van der Waals surface area contributed by atoms with Crippen molar-refractivity contribution >= 4 is 36.0 Å². The van der Waals surface area contributed by atoms with Gasteiger partial charge in [-0.25, -0.2) is 4.98 Å². The Balaban J connectivity index is 1.60. The molecular formula is C19H24N6OS. The fourth-order valence-electron chi connectivity index (χ4n) is 2.56. The average Bonchev–Trinajstić information content (AvgIpc) is 3.22. The lowest BCUT2D eigenvalue weighted by atomic mass is 10.3. The van der Waals surface area contributed by atoms with Gasteiger partial charge in [-0.3, -0.25) is 9.98 Å². The molecule has 0 amide bonds. The topological polar surface area (TPSA) is 78.0 Å². The number of hydrogen-bond acceptors (Lipinski definition) is 8. The van der Waals surface area contributed by atoms with E-state index in [-0.39, 0.29) is 0 Å². The van der Waals surface area contributed by atoms with Crippen molar-refractivity contribution in [2.75, 3.05) is 30.9 Å². The standard InChI is InChI=1S/C19H24N6OS/c1-20-17(13-27-14-23-19-21-9-5-10-22-19)16-7-3-8-18(24-16)25(2)12-15-6-4-11-26-15/h3-4,6-8,11,13H,1,5,9-10,12,14H2,2H3,(H2,21,22,23)/b17-13-. The molecule has 0 fully saturated rings. The number of aliphatic imine (C=N–C) groups is 2. The summed E-state index contributed by atoms with van der Waals surface area (Å²) in [6.45, 7) is 6.17. The predicted octanol–water partition coefficient (Wildman–Crippen LogP) is 2.94. The number of nitrogens with one attached hydrogen (secondary N) is 2. The molecule has 2 aromatic rings. The van der Waals surface area contributed by atoms with Crippen LogP contribution < -0.4 is 15.5 Å². The average molecular weight is 385 g/mol. The number of guanidine groups is 1. The van der Waals surface area contributed by atoms with Crippen molar-refractivity contribution in [3.63, 3.8) is 0 Å². The van der Waals surface area contributed by atoms with E-state index in [2.05, 4.69) is 27.3 Å². The Kier molecular flexibility index (Phi) is 6.92. The smallest absolute Gasteiger partial charge is 0.191 e. The van der Waals surface area contributed by atoms with E-state index in [9.17, 15) is 0 Å². The minimum Gasteiger partial charge on any atom is -0.467 e. The summed E-state index contributed by atoms with van der Waals surface area (Å²) >= 11 is 1.60. The van der Waals surface area contributed by atoms with Crippen molar-refractivity contribution in [1.82, 2.24) is 15.6 Å². The molecule has 3 rings (SSSR count). The lowest BCUT2D eigenvalue weighted by Gasteiger charge is -2.17. The van der Waals surface area contributed by atoms with Crippen LogP contribution in [0.2, 0.25) is 0 Å². The van der Waals surface area contributed by atoms with Gasteiger partial charge >= 0.3 is 0 Å². The van der Waals surface area contributed by atoms with E-state index in [1.807, 2.05) is 47.7 Å². The lowest BCUT2D eigenvalue weighted by molar-refractivity contribution is 0.507. The molecule has 7 nitrogen and oxygen atoms in total. The third-order valence-electron chi connectivity index (χ3n) is 3.95. The summed E-state index contributed by atoms with van der Waals surface area (Å²) in [6, 6.07) is 9.71. The van der Waals surface area contributed by atoms with E-state index in [0.29, 0.717) is 12.4 Å². The molecule has 27 heavy (non-hydrogen) atoms. The van der Waals surface area contributed by atoms with Crippen molar-refractivity contribution in [1.29, 1.82) is 0 Å². The van der Waals surface area contributed by atoms with Crippen LogP contribution in [0.4, 0.5) is 5.82 Å². The molecule has 2 N–H and O–H groups in total. The molecule has 0 aromatic carbocycles. The summed E-state index contributed by atoms with van der Waals surface area (Å²) in [5.74, 6) is 3.30. The van der Waals surface area contributed by atoms with E-state index in [1.54, 1.807) is 18.0 Å². The molecule has 0 spiro atoms. The molecule has 8 heteroatoms. The summed E-state index contributed by atoms with van der Waals surface area (Å²) in [4.78, 5) is 15.3. The Labute approximate surface area is 163 Å². The summed E-state index contributed by atoms with van der Waals surface area (Å²) in [6.07, 6.45) is 2.76. The van der Waals surface area contributed by atoms with Crippen molar-refractivity contribution in [3.8, 4) is 0 Å². The highest BCUT2D eigenvalue weighted by Crippen LogP contribution is 2.21. The number of anilines is 1. The molecule has 1 aliphatic rings. The van der Waals surface area contributed by atoms with Crippen LogP contribution in [0.5, 0.6) is 0 Å². The van der Waals surface area contributed by atoms with Crippen LogP contribution in [-0.4, -0.2) is 43.7 Å². The lowest BCUT2D eigenvalue weighted by Crippen LogP contribution is -2.40. The normalized spacial score (nSPS) is 14.3. The van der Waals surface area contributed by atoms with Crippen molar-refractivity contribution in [2.24, 2.45) is 9.98 Å². The minimum absolute atomic E-state index is 0.651. The van der Waals surface area contributed by atoms with Gasteiger partial charge in [-0.15, -0.1) is 11.8 Å². The Morgan fingerprint density at radius 2 is 2.37 bits per heavy atom. The molecule has 0 bridgehead atoms. The number of nitrogens with zero attached hydrogens (tertiary/aromatic N) is 4. The third kappa shape index (κ3) is 5.62. The van der Waals surface area contributed by atoms with Gasteiger partial charge in [0.2, 0.25) is 0 Å². The zero-order valence-electron chi connectivity index (χ0n) is 15.4. The van der Waals surface area contributed by atoms with E-state index in [4.69, 9.17) is 9.40 Å². The summed E-state index contributed by atoms with van der Waals surface area (Å²) in [5.41, 5.74) is 1.53. The second-order valence-electron chi connectivity index (χ2n) is 5.98. The van der Waals surface area contributed by atoms with Crippen LogP contribution in [0.1, 0.15) is 17.9 Å². The van der Waals surface area contributed by atoms with Gasteiger partial charge in [0, 0.05) is 25.5 Å². The highest BCUT2D eigenvalue weighted by molar-refractivity contribution is 8.02. The van der Waals surface area contributed by atoms with Gasteiger partial charge < -0.3 is 20.0 Å². The first kappa shape index (κ1) is 19.0. The first-order valence-electron chi connectivity index (χ1n) is 8.78. The quantitative estimate of drug-likeness (QED) is 0.414. The number of hydrogen-bond donors (Lipinski definition) is 2. The van der Waals surface area contributed by atoms with Crippen LogP contribution in [0.3, 0.4) is 0 Å². The molecule has 142 valence electrons. The van der Waals surface area contributed by atoms with Gasteiger partial charge in [-0.2, -0.15) is 0 Å². The van der Waals surface area contributed by atoms with Gasteiger partial charge in [0.1, 0.15) is 11.6 Å². The van der Waals surface area contributed by atoms with Crippen LogP contribution >= 0.6 is 11.8 Å². The van der Waals surface area contributed by atoms with Crippen molar-refractivity contribution in [2.45, 2.75) is 13.0 Å². The Hall–Kier alpha value is -2.74. The highest BCUT2D eigenvalue weighted by Gasteiger charge is 2.08. The maximum absolute atomic E-state index is 5.41. The molecule has 0 saturated heterocycles. The van der Waals surface area contributed by atoms with Gasteiger partial charge in [0.05, 0.1) is 30.1 Å². The fourth-order valence-corrected chi connectivity index (χ4v) is 3.21. The molecule has 2 aromatic heterocycles. The number of rotatable bonds is 8. The summed E-state index contributed by atoms with van der Waals surface area (Å²) in [7, 11) is 1.98. The maximum Gasteiger partial charge on any atom is 0.191 e. The number of furan rings is 1. The zero-order valence-corrected chi connectivity index (χ0v) is 16.2. The van der Waals surface area contributed by atoms with E-state index in [1.165, 1.54) is 0 Å². The van der Waals surface area contributed by atoms with E-state index < -0.39 is 0 Å². The van der Waals surface area contributed by atoms with Crippen molar-refractivity contribution < 1.29 is 4.42 Å². The molecule has 1 aliphatic heterocycles. The Morgan fingerprint density at radius 3 is 3.11 bits per heavy atom. The van der Waals surface area contributed by atoms with Crippen LogP contribution in [0.15, 0.2) is 56.4 Å². The predicted molar refractivity (Wildman–Crippen MR) is 113 cm³/mol. The molecule has 0 aliphatic carbocycles. The van der Waals surface area contributed by atoms with Crippen LogP contribution in [0, 0.1) is 0 Å². The minimum atomic E-state index is 0.651. The number of thioether (sulfide) groups is 1. The Bertz CT molecular complexity index is 802. The number of aromatic nitrogens is 1. The summed E-state index contributed by atoms with van der Waals surface area (Å²) < 4.78 is 5.41. The second-order valence-corrected chi connectivity index (χ2v) is 6.83. The first-order chi connectivity index (χ1) is 13.3.